The van der Waals surface area contributed by atoms with Gasteiger partial charge in [0.25, 0.3) is 0 Å². The van der Waals surface area contributed by atoms with Crippen LogP contribution in [0.1, 0.15) is 13.8 Å². The first-order valence-electron chi connectivity index (χ1n) is 3.00. The highest BCUT2D eigenvalue weighted by Crippen LogP contribution is 2.01. The third kappa shape index (κ3) is 4.06. The Labute approximate surface area is 55.5 Å². The quantitative estimate of drug-likeness (QED) is 0.538. The van der Waals surface area contributed by atoms with E-state index in [9.17, 15) is 0 Å². The monoisotopic (exact) mass is 131 g/mol. The van der Waals surface area contributed by atoms with Crippen LogP contribution in [0.25, 0.3) is 0 Å². The summed E-state index contributed by atoms with van der Waals surface area (Å²) in [5.74, 6) is 1.22. The van der Waals surface area contributed by atoms with Crippen LogP contribution in [0.5, 0.6) is 0 Å². The van der Waals surface area contributed by atoms with Gasteiger partial charge < -0.3 is 5.32 Å². The van der Waals surface area contributed by atoms with Crippen molar-refractivity contribution in [1.82, 2.24) is 5.32 Å². The summed E-state index contributed by atoms with van der Waals surface area (Å²) in [4.78, 5) is 0. The minimum Gasteiger partial charge on any atom is -0.390 e. The van der Waals surface area contributed by atoms with E-state index in [2.05, 4.69) is 10.7 Å². The zero-order valence-electron chi connectivity index (χ0n) is 5.48. The maximum atomic E-state index is 3.08. The molecule has 1 aliphatic rings. The molecule has 0 unspecified atom stereocenters. The van der Waals surface area contributed by atoms with E-state index in [0.717, 1.165) is 6.54 Å². The Morgan fingerprint density at radius 3 is 2.38 bits per heavy atom. The van der Waals surface area contributed by atoms with Gasteiger partial charge in [-0.1, -0.05) is 13.8 Å². The summed E-state index contributed by atoms with van der Waals surface area (Å²) in [6.45, 7) is 5.13. The second kappa shape index (κ2) is 6.89. The average Bonchev–Trinajstić information content (AvgIpc) is 1.96. The first-order valence-corrected chi connectivity index (χ1v) is 4.05. The summed E-state index contributed by atoms with van der Waals surface area (Å²) < 4.78 is 0. The topological polar surface area (TPSA) is 12.0 Å². The van der Waals surface area contributed by atoms with E-state index in [4.69, 9.17) is 0 Å². The Kier molecular flexibility index (Phi) is 6.80. The van der Waals surface area contributed by atoms with Crippen LogP contribution in [0.3, 0.4) is 0 Å². The van der Waals surface area contributed by atoms with Crippen molar-refractivity contribution in [3.8, 4) is 0 Å². The van der Waals surface area contributed by atoms with Crippen molar-refractivity contribution in [1.29, 1.82) is 0 Å². The van der Waals surface area contributed by atoms with E-state index >= 15 is 0 Å². The lowest BCUT2D eigenvalue weighted by Crippen LogP contribution is -2.11. The van der Waals surface area contributed by atoms with E-state index in [1.165, 1.54) is 5.75 Å². The normalized spacial score (nSPS) is 15.8. The zero-order chi connectivity index (χ0) is 6.24. The molecule has 0 amide bonds. The molecular weight excluding hydrogens is 118 g/mol. The van der Waals surface area contributed by atoms with Crippen LogP contribution >= 0.6 is 11.8 Å². The SMILES string of the molecule is C1=CSCCN1.CC. The minimum absolute atomic E-state index is 1.13. The Balaban J connectivity index is 0.000000222. The molecule has 0 bridgehead atoms. The number of hydrogen-bond acceptors (Lipinski definition) is 2. The fourth-order valence-electron chi connectivity index (χ4n) is 0.365. The molecule has 0 spiro atoms. The first-order chi connectivity index (χ1) is 4.00. The van der Waals surface area contributed by atoms with E-state index < -0.39 is 0 Å². The molecule has 8 heavy (non-hydrogen) atoms. The van der Waals surface area contributed by atoms with E-state index in [1.54, 1.807) is 0 Å². The summed E-state index contributed by atoms with van der Waals surface area (Å²) in [5, 5.41) is 5.16. The predicted molar refractivity (Wildman–Crippen MR) is 40.9 cm³/mol. The minimum atomic E-state index is 1.13. The van der Waals surface area contributed by atoms with Crippen molar-refractivity contribution in [2.45, 2.75) is 13.8 Å². The van der Waals surface area contributed by atoms with Gasteiger partial charge in [0.05, 0.1) is 0 Å². The molecule has 1 N–H and O–H groups in total. The third-order valence-electron chi connectivity index (χ3n) is 0.646. The third-order valence-corrected chi connectivity index (χ3v) is 1.41. The lowest BCUT2D eigenvalue weighted by atomic mass is 10.7. The fourth-order valence-corrected chi connectivity index (χ4v) is 0.930. The molecule has 48 valence electrons. The van der Waals surface area contributed by atoms with Crippen LogP contribution < -0.4 is 5.32 Å². The van der Waals surface area contributed by atoms with Crippen LogP contribution in [0.15, 0.2) is 11.6 Å². The fraction of sp³-hybridized carbons (Fsp3) is 0.667. The van der Waals surface area contributed by atoms with Crippen molar-refractivity contribution >= 4 is 11.8 Å². The summed E-state index contributed by atoms with van der Waals surface area (Å²) in [5.41, 5.74) is 0. The predicted octanol–water partition coefficient (Wildman–Crippen LogP) is 1.82. The Morgan fingerprint density at radius 1 is 1.50 bits per heavy atom. The van der Waals surface area contributed by atoms with Crippen molar-refractivity contribution in [3.05, 3.63) is 11.6 Å². The van der Waals surface area contributed by atoms with Crippen molar-refractivity contribution in [3.63, 3.8) is 0 Å². The summed E-state index contributed by atoms with van der Waals surface area (Å²) in [7, 11) is 0. The summed E-state index contributed by atoms with van der Waals surface area (Å²) >= 11 is 1.85. The van der Waals surface area contributed by atoms with Gasteiger partial charge in [-0.2, -0.15) is 0 Å². The molecule has 0 atom stereocenters. The lowest BCUT2D eigenvalue weighted by molar-refractivity contribution is 0.924. The molecule has 0 aromatic carbocycles. The summed E-state index contributed by atoms with van der Waals surface area (Å²) in [6, 6.07) is 0. The highest BCUT2D eigenvalue weighted by molar-refractivity contribution is 8.02. The second-order valence-corrected chi connectivity index (χ2v) is 2.14. The maximum absolute atomic E-state index is 3.08. The average molecular weight is 131 g/mol. The molecular formula is C6H13NS. The molecule has 1 aliphatic heterocycles. The molecule has 0 fully saturated rings. The highest BCUT2D eigenvalue weighted by atomic mass is 32.2. The van der Waals surface area contributed by atoms with Gasteiger partial charge >= 0.3 is 0 Å². The van der Waals surface area contributed by atoms with Crippen molar-refractivity contribution in [2.24, 2.45) is 0 Å². The molecule has 1 nitrogen and oxygen atoms in total. The lowest BCUT2D eigenvalue weighted by Gasteiger charge is -2.01. The Hall–Kier alpha value is -0.110. The van der Waals surface area contributed by atoms with Crippen LogP contribution in [0.4, 0.5) is 0 Å². The molecule has 1 rings (SSSR count). The zero-order valence-corrected chi connectivity index (χ0v) is 6.29. The molecule has 0 aromatic heterocycles. The Morgan fingerprint density at radius 2 is 2.25 bits per heavy atom. The van der Waals surface area contributed by atoms with Crippen molar-refractivity contribution in [2.75, 3.05) is 12.3 Å². The second-order valence-electron chi connectivity index (χ2n) is 1.13. The molecule has 0 saturated carbocycles. The van der Waals surface area contributed by atoms with Gasteiger partial charge in [-0.25, -0.2) is 0 Å². The maximum Gasteiger partial charge on any atom is 0.0235 e. The van der Waals surface area contributed by atoms with Crippen LogP contribution in [0.2, 0.25) is 0 Å². The van der Waals surface area contributed by atoms with Crippen LogP contribution in [-0.2, 0) is 0 Å². The largest absolute Gasteiger partial charge is 0.390 e. The van der Waals surface area contributed by atoms with Gasteiger partial charge in [-0.3, -0.25) is 0 Å². The number of nitrogens with one attached hydrogen (secondary N) is 1. The van der Waals surface area contributed by atoms with E-state index in [-0.39, 0.29) is 0 Å². The molecule has 1 heterocycles. The standard InChI is InChI=1S/C4H7NS.C2H6/c1-3-6-4-2-5-1;1-2/h1,3,5H,2,4H2;1-2H3. The Bertz CT molecular complexity index is 53.5. The molecule has 0 aromatic rings. The molecule has 2 heteroatoms. The van der Waals surface area contributed by atoms with Gasteiger partial charge in [0.15, 0.2) is 0 Å². The van der Waals surface area contributed by atoms with E-state index in [1.807, 2.05) is 31.8 Å². The van der Waals surface area contributed by atoms with Gasteiger partial charge in [0.1, 0.15) is 0 Å². The summed E-state index contributed by atoms with van der Waals surface area (Å²) in [6.07, 6.45) is 1.98. The van der Waals surface area contributed by atoms with Gasteiger partial charge in [0.2, 0.25) is 0 Å². The first kappa shape index (κ1) is 7.89. The molecule has 0 saturated heterocycles. The number of rotatable bonds is 0. The van der Waals surface area contributed by atoms with Crippen LogP contribution in [0, 0.1) is 0 Å². The van der Waals surface area contributed by atoms with E-state index in [0.29, 0.717) is 0 Å². The van der Waals surface area contributed by atoms with Crippen molar-refractivity contribution < 1.29 is 0 Å². The van der Waals surface area contributed by atoms with Gasteiger partial charge in [-0.15, -0.1) is 11.8 Å². The highest BCUT2D eigenvalue weighted by Gasteiger charge is 1.85. The number of hydrogen-bond donors (Lipinski definition) is 1. The molecule has 0 radical (unpaired) electrons. The molecule has 0 aliphatic carbocycles. The smallest absolute Gasteiger partial charge is 0.0235 e. The van der Waals surface area contributed by atoms with Crippen LogP contribution in [-0.4, -0.2) is 12.3 Å². The van der Waals surface area contributed by atoms with Gasteiger partial charge in [0, 0.05) is 18.5 Å². The number of thioether (sulfide) groups is 1. The van der Waals surface area contributed by atoms with Gasteiger partial charge in [-0.05, 0) is 5.41 Å².